The normalized spacial score (nSPS) is 15.4. The first-order valence-electron chi connectivity index (χ1n) is 7.99. The molecule has 1 aliphatic heterocycles. The maximum Gasteiger partial charge on any atom is 0.263 e. The molecule has 27 heavy (non-hydrogen) atoms. The molecule has 9 nitrogen and oxygen atoms in total. The lowest BCUT2D eigenvalue weighted by atomic mass is 10.2. The Labute approximate surface area is 164 Å². The zero-order valence-corrected chi connectivity index (χ0v) is 16.3. The van der Waals surface area contributed by atoms with Crippen LogP contribution >= 0.6 is 15.9 Å². The minimum atomic E-state index is -3.47. The highest BCUT2D eigenvalue weighted by Crippen LogP contribution is 2.30. The molecule has 2 N–H and O–H groups in total. The van der Waals surface area contributed by atoms with Gasteiger partial charge in [0.2, 0.25) is 10.0 Å². The average molecular weight is 451 g/mol. The van der Waals surface area contributed by atoms with Gasteiger partial charge in [0.1, 0.15) is 4.60 Å². The number of anilines is 1. The van der Waals surface area contributed by atoms with E-state index in [1.165, 1.54) is 16.7 Å². The van der Waals surface area contributed by atoms with Crippen molar-refractivity contribution in [1.29, 1.82) is 0 Å². The summed E-state index contributed by atoms with van der Waals surface area (Å²) in [7, 11) is -3.47. The van der Waals surface area contributed by atoms with Crippen LogP contribution in [0, 0.1) is 0 Å². The number of halogens is 1. The standard InChI is InChI=1S/C16H15BrN6O3S/c17-14-7-19-15(18)16(21-14)26-12-6-20-23(10-12)11-8-22(9-11)27(24,25)13-4-2-1-3-5-13/h1-7,10-11H,8-9H2,(H2,18,19). The number of nitrogens with zero attached hydrogens (tertiary/aromatic N) is 5. The van der Waals surface area contributed by atoms with E-state index in [4.69, 9.17) is 10.5 Å². The molecule has 0 radical (unpaired) electrons. The maximum absolute atomic E-state index is 12.5. The minimum absolute atomic E-state index is 0.0632. The zero-order chi connectivity index (χ0) is 19.0. The molecule has 1 aliphatic rings. The molecule has 11 heteroatoms. The highest BCUT2D eigenvalue weighted by molar-refractivity contribution is 9.10. The van der Waals surface area contributed by atoms with Crippen molar-refractivity contribution in [3.63, 3.8) is 0 Å². The lowest BCUT2D eigenvalue weighted by molar-refractivity contribution is 0.191. The summed E-state index contributed by atoms with van der Waals surface area (Å²) in [6, 6.07) is 8.31. The van der Waals surface area contributed by atoms with Crippen LogP contribution in [0.5, 0.6) is 11.6 Å². The molecule has 4 rings (SSSR count). The van der Waals surface area contributed by atoms with E-state index < -0.39 is 10.0 Å². The first-order chi connectivity index (χ1) is 12.9. The van der Waals surface area contributed by atoms with E-state index >= 15 is 0 Å². The van der Waals surface area contributed by atoms with E-state index in [0.717, 1.165) is 0 Å². The molecule has 0 bridgehead atoms. The Kier molecular flexibility index (Phi) is 4.58. The first kappa shape index (κ1) is 17.9. The molecular weight excluding hydrogens is 436 g/mol. The van der Waals surface area contributed by atoms with Gasteiger partial charge in [-0.1, -0.05) is 18.2 Å². The fourth-order valence-electron chi connectivity index (χ4n) is 2.64. The number of rotatable bonds is 5. The molecule has 0 atom stereocenters. The molecule has 2 aromatic heterocycles. The van der Waals surface area contributed by atoms with Gasteiger partial charge in [0, 0.05) is 13.1 Å². The van der Waals surface area contributed by atoms with Crippen LogP contribution in [0.3, 0.4) is 0 Å². The molecule has 0 amide bonds. The molecule has 0 spiro atoms. The Bertz CT molecular complexity index is 1070. The summed E-state index contributed by atoms with van der Waals surface area (Å²) >= 11 is 3.21. The van der Waals surface area contributed by atoms with E-state index in [0.29, 0.717) is 23.4 Å². The SMILES string of the molecule is Nc1ncc(Br)nc1Oc1cnn(C2CN(S(=O)(=O)c3ccccc3)C2)c1. The molecule has 140 valence electrons. The zero-order valence-electron chi connectivity index (χ0n) is 13.9. The molecule has 3 heterocycles. The highest BCUT2D eigenvalue weighted by atomic mass is 79.9. The maximum atomic E-state index is 12.5. The molecule has 1 fully saturated rings. The van der Waals surface area contributed by atoms with Crippen molar-refractivity contribution in [2.75, 3.05) is 18.8 Å². The smallest absolute Gasteiger partial charge is 0.263 e. The van der Waals surface area contributed by atoms with Crippen molar-refractivity contribution < 1.29 is 13.2 Å². The lowest BCUT2D eigenvalue weighted by Crippen LogP contribution is -2.50. The van der Waals surface area contributed by atoms with Crippen LogP contribution < -0.4 is 10.5 Å². The topological polar surface area (TPSA) is 116 Å². The van der Waals surface area contributed by atoms with Gasteiger partial charge in [0.25, 0.3) is 5.88 Å². The van der Waals surface area contributed by atoms with Crippen LogP contribution in [0.4, 0.5) is 5.82 Å². The van der Waals surface area contributed by atoms with Crippen LogP contribution in [0.1, 0.15) is 6.04 Å². The van der Waals surface area contributed by atoms with Gasteiger partial charge in [-0.05, 0) is 28.1 Å². The van der Waals surface area contributed by atoms with Crippen LogP contribution in [0.15, 0.2) is 58.4 Å². The van der Waals surface area contributed by atoms with Crippen molar-refractivity contribution in [2.45, 2.75) is 10.9 Å². The molecule has 3 aromatic rings. The summed E-state index contributed by atoms with van der Waals surface area (Å²) in [5, 5.41) is 4.25. The van der Waals surface area contributed by atoms with Gasteiger partial charge < -0.3 is 10.5 Å². The van der Waals surface area contributed by atoms with Crippen molar-refractivity contribution in [1.82, 2.24) is 24.1 Å². The van der Waals surface area contributed by atoms with Crippen LogP contribution in [0.2, 0.25) is 0 Å². The summed E-state index contributed by atoms with van der Waals surface area (Å²) in [6.45, 7) is 0.689. The third kappa shape index (κ3) is 3.53. The summed E-state index contributed by atoms with van der Waals surface area (Å²) in [5.74, 6) is 0.777. The Morgan fingerprint density at radius 2 is 1.93 bits per heavy atom. The second kappa shape index (κ2) is 6.91. The van der Waals surface area contributed by atoms with E-state index in [1.54, 1.807) is 41.2 Å². The fourth-order valence-corrected chi connectivity index (χ4v) is 4.44. The second-order valence-electron chi connectivity index (χ2n) is 5.93. The van der Waals surface area contributed by atoms with Crippen LogP contribution in [-0.4, -0.2) is 45.6 Å². The third-order valence-corrected chi connectivity index (χ3v) is 6.34. The molecular formula is C16H15BrN6O3S. The number of sulfonamides is 1. The summed E-state index contributed by atoms with van der Waals surface area (Å²) in [4.78, 5) is 8.36. The number of ether oxygens (including phenoxy) is 1. The van der Waals surface area contributed by atoms with E-state index in [-0.39, 0.29) is 22.6 Å². The Hall–Kier alpha value is -2.50. The summed E-state index contributed by atoms with van der Waals surface area (Å²) in [6.07, 6.45) is 4.68. The fraction of sp³-hybridized carbons (Fsp3) is 0.188. The summed E-state index contributed by atoms with van der Waals surface area (Å²) < 4.78 is 34.3. The Morgan fingerprint density at radius 1 is 1.19 bits per heavy atom. The monoisotopic (exact) mass is 450 g/mol. The Morgan fingerprint density at radius 3 is 2.67 bits per heavy atom. The second-order valence-corrected chi connectivity index (χ2v) is 8.68. The van der Waals surface area contributed by atoms with E-state index in [1.807, 2.05) is 0 Å². The van der Waals surface area contributed by atoms with Crippen molar-refractivity contribution in [2.24, 2.45) is 0 Å². The van der Waals surface area contributed by atoms with Crippen molar-refractivity contribution >= 4 is 31.8 Å². The Balaban J connectivity index is 1.43. The molecule has 1 aromatic carbocycles. The number of aromatic nitrogens is 4. The van der Waals surface area contributed by atoms with Gasteiger partial charge >= 0.3 is 0 Å². The number of nitrogens with two attached hydrogens (primary N) is 1. The van der Waals surface area contributed by atoms with E-state index in [9.17, 15) is 8.42 Å². The van der Waals surface area contributed by atoms with Gasteiger partial charge in [-0.15, -0.1) is 0 Å². The van der Waals surface area contributed by atoms with Crippen molar-refractivity contribution in [3.8, 4) is 11.6 Å². The van der Waals surface area contributed by atoms with E-state index in [2.05, 4.69) is 31.0 Å². The molecule has 0 saturated carbocycles. The largest absolute Gasteiger partial charge is 0.433 e. The average Bonchev–Trinajstić information content (AvgIpc) is 3.05. The number of nitrogen functional groups attached to an aromatic ring is 1. The highest BCUT2D eigenvalue weighted by Gasteiger charge is 2.38. The van der Waals surface area contributed by atoms with Gasteiger partial charge in [0.05, 0.1) is 29.5 Å². The van der Waals surface area contributed by atoms with Crippen LogP contribution in [0.25, 0.3) is 0 Å². The minimum Gasteiger partial charge on any atom is -0.433 e. The first-order valence-corrected chi connectivity index (χ1v) is 10.2. The quantitative estimate of drug-likeness (QED) is 0.631. The van der Waals surface area contributed by atoms with Gasteiger partial charge in [0.15, 0.2) is 11.6 Å². The molecule has 0 unspecified atom stereocenters. The third-order valence-electron chi connectivity index (χ3n) is 4.11. The number of hydrogen-bond acceptors (Lipinski definition) is 7. The van der Waals surface area contributed by atoms with Gasteiger partial charge in [-0.25, -0.2) is 18.4 Å². The van der Waals surface area contributed by atoms with Gasteiger partial charge in [-0.2, -0.15) is 9.40 Å². The predicted octanol–water partition coefficient (Wildman–Crippen LogP) is 2.06. The van der Waals surface area contributed by atoms with Crippen LogP contribution in [-0.2, 0) is 10.0 Å². The van der Waals surface area contributed by atoms with Crippen molar-refractivity contribution in [3.05, 3.63) is 53.5 Å². The number of hydrogen-bond donors (Lipinski definition) is 1. The predicted molar refractivity (Wildman–Crippen MR) is 101 cm³/mol. The lowest BCUT2D eigenvalue weighted by Gasteiger charge is -2.37. The summed E-state index contributed by atoms with van der Waals surface area (Å²) in [5.41, 5.74) is 5.74. The number of benzene rings is 1. The molecule has 0 aliphatic carbocycles. The van der Waals surface area contributed by atoms with Gasteiger partial charge in [-0.3, -0.25) is 4.68 Å². The molecule has 1 saturated heterocycles.